The van der Waals surface area contributed by atoms with Crippen molar-refractivity contribution in [2.75, 3.05) is 26.4 Å². The third-order valence-corrected chi connectivity index (χ3v) is 13.6. The predicted octanol–water partition coefficient (Wildman–Crippen LogP) is 6.86. The maximum atomic E-state index is 13.1. The smallest absolute Gasteiger partial charge is 0.338 e. The van der Waals surface area contributed by atoms with Crippen LogP contribution in [0.5, 0.6) is 0 Å². The zero-order valence-corrected chi connectivity index (χ0v) is 27.5. The number of hydrogen-bond acceptors (Lipinski definition) is 7. The molecule has 4 bridgehead atoms. The van der Waals surface area contributed by atoms with Gasteiger partial charge in [-0.2, -0.15) is 0 Å². The Morgan fingerprint density at radius 2 is 1.13 bits per heavy atom. The van der Waals surface area contributed by atoms with Crippen LogP contribution in [0.3, 0.4) is 0 Å². The molecule has 2 aromatic rings. The van der Waals surface area contributed by atoms with Crippen LogP contribution in [0.2, 0.25) is 0 Å². The Kier molecular flexibility index (Phi) is 8.18. The van der Waals surface area contributed by atoms with Crippen molar-refractivity contribution in [3.8, 4) is 0 Å². The summed E-state index contributed by atoms with van der Waals surface area (Å²) >= 11 is 0. The van der Waals surface area contributed by atoms with Crippen LogP contribution in [0.15, 0.2) is 48.6 Å². The molecule has 6 aliphatic rings. The SMILES string of the molecule is C=C(C)C(=O)OCC1CC2CC1C1CC(COC(=O)c3ccc4cc(C(=O)OCC5CC6C7CC(CO)C(C7)C6C5)ccc4c3)CC21. The van der Waals surface area contributed by atoms with Gasteiger partial charge in [0.1, 0.15) is 0 Å². The first-order valence-corrected chi connectivity index (χ1v) is 18.1. The normalized spacial score (nSPS) is 37.6. The summed E-state index contributed by atoms with van der Waals surface area (Å²) in [7, 11) is 0. The highest BCUT2D eigenvalue weighted by atomic mass is 16.5. The number of carbonyl (C=O) groups excluding carboxylic acids is 3. The number of benzene rings is 2. The van der Waals surface area contributed by atoms with Gasteiger partial charge in [-0.25, -0.2) is 14.4 Å². The number of esters is 3. The predicted molar refractivity (Wildman–Crippen MR) is 176 cm³/mol. The van der Waals surface area contributed by atoms with Crippen LogP contribution in [0.25, 0.3) is 10.8 Å². The summed E-state index contributed by atoms with van der Waals surface area (Å²) in [4.78, 5) is 37.9. The number of aliphatic hydroxyl groups excluding tert-OH is 1. The maximum Gasteiger partial charge on any atom is 0.338 e. The second kappa shape index (κ2) is 12.4. The third kappa shape index (κ3) is 5.70. The van der Waals surface area contributed by atoms with Gasteiger partial charge in [-0.3, -0.25) is 0 Å². The molecule has 0 spiro atoms. The van der Waals surface area contributed by atoms with Crippen LogP contribution in [0, 0.1) is 71.0 Å². The molecule has 0 radical (unpaired) electrons. The fourth-order valence-corrected chi connectivity index (χ4v) is 11.7. The van der Waals surface area contributed by atoms with Gasteiger partial charge in [0.15, 0.2) is 0 Å². The van der Waals surface area contributed by atoms with Gasteiger partial charge in [-0.1, -0.05) is 18.7 Å². The Balaban J connectivity index is 0.812. The van der Waals surface area contributed by atoms with Crippen molar-refractivity contribution in [2.45, 2.75) is 58.3 Å². The fourth-order valence-electron chi connectivity index (χ4n) is 11.7. The average Bonchev–Trinajstić information content (AvgIpc) is 3.92. The minimum absolute atomic E-state index is 0.293. The van der Waals surface area contributed by atoms with Gasteiger partial charge in [0.25, 0.3) is 0 Å². The summed E-state index contributed by atoms with van der Waals surface area (Å²) < 4.78 is 17.2. The van der Waals surface area contributed by atoms with Crippen molar-refractivity contribution in [2.24, 2.45) is 71.0 Å². The second-order valence-electron chi connectivity index (χ2n) is 16.2. The lowest BCUT2D eigenvalue weighted by Crippen LogP contribution is -2.28. The van der Waals surface area contributed by atoms with Crippen LogP contribution >= 0.6 is 0 Å². The van der Waals surface area contributed by atoms with Gasteiger partial charge in [0.05, 0.1) is 30.9 Å². The molecule has 7 nitrogen and oxygen atoms in total. The Morgan fingerprint density at radius 3 is 1.64 bits per heavy atom. The molecule has 12 atom stereocenters. The van der Waals surface area contributed by atoms with Crippen molar-refractivity contribution in [3.05, 3.63) is 59.7 Å². The van der Waals surface area contributed by atoms with Gasteiger partial charge in [-0.15, -0.1) is 0 Å². The quantitative estimate of drug-likeness (QED) is 0.172. The molecule has 12 unspecified atom stereocenters. The van der Waals surface area contributed by atoms with E-state index in [0.29, 0.717) is 102 Å². The molecular formula is C40H48O7. The summed E-state index contributed by atoms with van der Waals surface area (Å²) in [6.07, 6.45) is 9.28. The minimum atomic E-state index is -0.305. The van der Waals surface area contributed by atoms with Crippen LogP contribution in [-0.4, -0.2) is 49.4 Å². The summed E-state index contributed by atoms with van der Waals surface area (Å²) in [6.45, 7) is 7.09. The van der Waals surface area contributed by atoms with Crippen LogP contribution < -0.4 is 0 Å². The van der Waals surface area contributed by atoms with Crippen molar-refractivity contribution >= 4 is 28.7 Å². The number of ether oxygens (including phenoxy) is 3. The molecule has 0 saturated heterocycles. The molecule has 6 saturated carbocycles. The van der Waals surface area contributed by atoms with E-state index in [0.717, 1.165) is 54.7 Å². The van der Waals surface area contributed by atoms with E-state index >= 15 is 0 Å². The average molecular weight is 641 g/mol. The number of carbonyl (C=O) groups is 3. The van der Waals surface area contributed by atoms with E-state index in [2.05, 4.69) is 6.58 Å². The zero-order valence-electron chi connectivity index (χ0n) is 27.5. The molecule has 47 heavy (non-hydrogen) atoms. The van der Waals surface area contributed by atoms with E-state index < -0.39 is 0 Å². The van der Waals surface area contributed by atoms with Gasteiger partial charge in [0, 0.05) is 12.2 Å². The molecule has 250 valence electrons. The van der Waals surface area contributed by atoms with Crippen molar-refractivity contribution < 1.29 is 33.7 Å². The van der Waals surface area contributed by atoms with Crippen LogP contribution in [0.4, 0.5) is 0 Å². The van der Waals surface area contributed by atoms with E-state index in [4.69, 9.17) is 14.2 Å². The molecule has 0 aromatic heterocycles. The lowest BCUT2D eigenvalue weighted by atomic mass is 9.76. The molecular weight excluding hydrogens is 592 g/mol. The highest BCUT2D eigenvalue weighted by Gasteiger charge is 2.57. The fraction of sp³-hybridized carbons (Fsp3) is 0.625. The maximum absolute atomic E-state index is 13.1. The molecule has 6 fully saturated rings. The summed E-state index contributed by atoms with van der Waals surface area (Å²) in [5.41, 5.74) is 1.50. The lowest BCUT2D eigenvalue weighted by molar-refractivity contribution is -0.141. The molecule has 7 heteroatoms. The van der Waals surface area contributed by atoms with Crippen molar-refractivity contribution in [1.29, 1.82) is 0 Å². The third-order valence-electron chi connectivity index (χ3n) is 13.6. The molecule has 0 amide bonds. The zero-order chi connectivity index (χ0) is 32.4. The van der Waals surface area contributed by atoms with E-state index in [-0.39, 0.29) is 17.9 Å². The molecule has 0 aliphatic heterocycles. The largest absolute Gasteiger partial charge is 0.462 e. The summed E-state index contributed by atoms with van der Waals surface area (Å²) in [5, 5.41) is 11.5. The van der Waals surface area contributed by atoms with Crippen LogP contribution in [0.1, 0.15) is 79.0 Å². The highest BCUT2D eigenvalue weighted by Crippen LogP contribution is 2.63. The molecule has 8 rings (SSSR count). The number of aliphatic hydroxyl groups is 1. The Labute approximate surface area is 277 Å². The summed E-state index contributed by atoms with van der Waals surface area (Å²) in [5.74, 6) is 6.32. The van der Waals surface area contributed by atoms with Gasteiger partial charge in [0.2, 0.25) is 0 Å². The molecule has 1 N–H and O–H groups in total. The highest BCUT2D eigenvalue weighted by molar-refractivity contribution is 5.99. The topological polar surface area (TPSA) is 99.1 Å². The van der Waals surface area contributed by atoms with Crippen LogP contribution in [-0.2, 0) is 19.0 Å². The number of hydrogen-bond donors (Lipinski definition) is 1. The standard InChI is InChI=1S/C40H48O7/c1-21(2)38(42)47-20-31-14-29-16-35(31)37-10-23(8-33(29)37)19-46-40(44)27-6-4-24-11-26(5-3-25(24)12-27)39(43)45-18-22-7-32-28-13-30(17-41)34(15-28)36(32)9-22/h3-6,11-12,22-23,28-37,41H,1,7-10,13-20H2,2H3. The van der Waals surface area contributed by atoms with Gasteiger partial charge in [-0.05, 0) is 164 Å². The monoisotopic (exact) mass is 640 g/mol. The van der Waals surface area contributed by atoms with Crippen molar-refractivity contribution in [1.82, 2.24) is 0 Å². The number of fused-ring (bicyclic) bond motifs is 11. The first kappa shape index (κ1) is 31.1. The van der Waals surface area contributed by atoms with E-state index in [1.165, 1.54) is 19.3 Å². The second-order valence-corrected chi connectivity index (χ2v) is 16.2. The lowest BCUT2D eigenvalue weighted by Gasteiger charge is -2.31. The van der Waals surface area contributed by atoms with Gasteiger partial charge >= 0.3 is 17.9 Å². The van der Waals surface area contributed by atoms with Gasteiger partial charge < -0.3 is 19.3 Å². The molecule has 6 aliphatic carbocycles. The Morgan fingerprint density at radius 1 is 0.638 bits per heavy atom. The van der Waals surface area contributed by atoms with E-state index in [9.17, 15) is 19.5 Å². The van der Waals surface area contributed by atoms with Crippen molar-refractivity contribution in [3.63, 3.8) is 0 Å². The Hall–Kier alpha value is -3.19. The first-order valence-electron chi connectivity index (χ1n) is 18.1. The minimum Gasteiger partial charge on any atom is -0.462 e. The Bertz CT molecular complexity index is 1580. The van der Waals surface area contributed by atoms with E-state index in [1.807, 2.05) is 24.3 Å². The van der Waals surface area contributed by atoms with E-state index in [1.54, 1.807) is 19.1 Å². The first-order chi connectivity index (χ1) is 22.7. The number of rotatable bonds is 10. The molecule has 2 aromatic carbocycles. The summed E-state index contributed by atoms with van der Waals surface area (Å²) in [6, 6.07) is 11.0. The molecule has 0 heterocycles.